The number of hydrogen-bond donors (Lipinski definition) is 1. The Morgan fingerprint density at radius 3 is 2.53 bits per heavy atom. The first-order valence-corrected chi connectivity index (χ1v) is 5.95. The van der Waals surface area contributed by atoms with Crippen molar-refractivity contribution in [2.24, 2.45) is 7.05 Å². The van der Waals surface area contributed by atoms with E-state index in [9.17, 15) is 5.11 Å². The summed E-state index contributed by atoms with van der Waals surface area (Å²) in [5, 5.41) is 9.98. The highest BCUT2D eigenvalue weighted by atomic mass is 16.3. The molecule has 1 heterocycles. The number of aliphatic hydroxyl groups is 1. The second-order valence-electron chi connectivity index (χ2n) is 4.86. The fraction of sp³-hybridized carbons (Fsp3) is 0.357. The molecule has 3 heteroatoms. The van der Waals surface area contributed by atoms with Crippen molar-refractivity contribution < 1.29 is 5.11 Å². The fourth-order valence-corrected chi connectivity index (χ4v) is 2.09. The zero-order chi connectivity index (χ0) is 11.9. The van der Waals surface area contributed by atoms with E-state index in [-0.39, 0.29) is 0 Å². The van der Waals surface area contributed by atoms with Crippen LogP contribution in [0.3, 0.4) is 0 Å². The van der Waals surface area contributed by atoms with E-state index in [1.807, 2.05) is 36.1 Å². The van der Waals surface area contributed by atoms with Gasteiger partial charge in [-0.25, -0.2) is 4.98 Å². The molecule has 1 aromatic heterocycles. The number of aromatic nitrogens is 2. The topological polar surface area (TPSA) is 38.0 Å². The van der Waals surface area contributed by atoms with Crippen molar-refractivity contribution in [3.63, 3.8) is 0 Å². The molecule has 0 radical (unpaired) electrons. The number of hydrogen-bond acceptors (Lipinski definition) is 2. The molecule has 2 aromatic rings. The Balaban J connectivity index is 1.79. The van der Waals surface area contributed by atoms with Gasteiger partial charge in [0.05, 0.1) is 5.60 Å². The lowest BCUT2D eigenvalue weighted by molar-refractivity contribution is 0.151. The number of nitrogens with zero attached hydrogens (tertiary/aromatic N) is 2. The van der Waals surface area contributed by atoms with Crippen LogP contribution in [-0.2, 0) is 19.1 Å². The van der Waals surface area contributed by atoms with E-state index in [1.54, 1.807) is 0 Å². The van der Waals surface area contributed by atoms with E-state index >= 15 is 0 Å². The monoisotopic (exact) mass is 228 g/mol. The maximum atomic E-state index is 9.98. The van der Waals surface area contributed by atoms with Gasteiger partial charge in [-0.15, -0.1) is 0 Å². The van der Waals surface area contributed by atoms with Crippen LogP contribution in [0.1, 0.15) is 29.8 Å². The molecule has 1 aliphatic rings. The molecular weight excluding hydrogens is 212 g/mol. The molecule has 17 heavy (non-hydrogen) atoms. The summed E-state index contributed by atoms with van der Waals surface area (Å²) in [7, 11) is 2.00. The van der Waals surface area contributed by atoms with Crippen LogP contribution < -0.4 is 0 Å². The Labute approximate surface area is 101 Å². The molecule has 1 aromatic carbocycles. The molecule has 88 valence electrons. The highest BCUT2D eigenvalue weighted by Gasteiger charge is 2.41. The van der Waals surface area contributed by atoms with Gasteiger partial charge in [0.2, 0.25) is 0 Å². The van der Waals surface area contributed by atoms with Gasteiger partial charge in [-0.05, 0) is 24.0 Å². The van der Waals surface area contributed by atoms with Crippen LogP contribution in [-0.4, -0.2) is 14.7 Å². The molecule has 0 aliphatic heterocycles. The molecule has 0 amide bonds. The predicted molar refractivity (Wildman–Crippen MR) is 65.6 cm³/mol. The third-order valence-electron chi connectivity index (χ3n) is 3.50. The Kier molecular flexibility index (Phi) is 2.30. The second kappa shape index (κ2) is 3.70. The molecule has 0 bridgehead atoms. The Morgan fingerprint density at radius 2 is 2.00 bits per heavy atom. The lowest BCUT2D eigenvalue weighted by atomic mass is 10.0. The number of aryl methyl sites for hydroxylation is 1. The molecule has 3 rings (SSSR count). The van der Waals surface area contributed by atoms with Crippen molar-refractivity contribution in [3.05, 3.63) is 53.6 Å². The molecule has 1 aliphatic carbocycles. The average Bonchev–Trinajstić information content (AvgIpc) is 2.96. The van der Waals surface area contributed by atoms with Crippen LogP contribution in [0.4, 0.5) is 0 Å². The van der Waals surface area contributed by atoms with Crippen LogP contribution in [0.5, 0.6) is 0 Å². The highest BCUT2D eigenvalue weighted by Crippen LogP contribution is 2.45. The van der Waals surface area contributed by atoms with Gasteiger partial charge in [-0.3, -0.25) is 0 Å². The van der Waals surface area contributed by atoms with E-state index in [0.29, 0.717) is 0 Å². The Bertz CT molecular complexity index is 523. The zero-order valence-corrected chi connectivity index (χ0v) is 9.93. The van der Waals surface area contributed by atoms with Gasteiger partial charge >= 0.3 is 0 Å². The van der Waals surface area contributed by atoms with Crippen molar-refractivity contribution >= 4 is 0 Å². The maximum Gasteiger partial charge on any atom is 0.112 e. The van der Waals surface area contributed by atoms with Crippen LogP contribution >= 0.6 is 0 Å². The predicted octanol–water partition coefficient (Wildman–Crippen LogP) is 1.99. The molecule has 1 fully saturated rings. The fourth-order valence-electron chi connectivity index (χ4n) is 2.09. The van der Waals surface area contributed by atoms with E-state index in [1.165, 1.54) is 5.56 Å². The van der Waals surface area contributed by atoms with Crippen LogP contribution in [0.15, 0.2) is 36.7 Å². The van der Waals surface area contributed by atoms with Crippen molar-refractivity contribution in [2.75, 3.05) is 0 Å². The molecule has 3 nitrogen and oxygen atoms in total. The molecular formula is C14H16N2O. The van der Waals surface area contributed by atoms with E-state index in [0.717, 1.165) is 30.7 Å². The Hall–Kier alpha value is -1.61. The summed E-state index contributed by atoms with van der Waals surface area (Å²) in [5.41, 5.74) is 1.75. The molecule has 1 saturated carbocycles. The minimum atomic E-state index is -0.526. The number of imidazole rings is 1. The second-order valence-corrected chi connectivity index (χ2v) is 4.86. The molecule has 0 saturated heterocycles. The van der Waals surface area contributed by atoms with Gasteiger partial charge in [0.25, 0.3) is 0 Å². The summed E-state index contributed by atoms with van der Waals surface area (Å²) in [6.07, 6.45) is 6.40. The minimum Gasteiger partial charge on any atom is -0.385 e. The third-order valence-corrected chi connectivity index (χ3v) is 3.50. The summed E-state index contributed by atoms with van der Waals surface area (Å²) in [4.78, 5) is 4.31. The van der Waals surface area contributed by atoms with Crippen LogP contribution in [0.25, 0.3) is 0 Å². The van der Waals surface area contributed by atoms with Gasteiger partial charge in [0.15, 0.2) is 0 Å². The average molecular weight is 228 g/mol. The first-order chi connectivity index (χ1) is 8.17. The SMILES string of the molecule is Cn1ccnc1Cc1ccc(C2(O)CC2)cc1. The molecule has 1 N–H and O–H groups in total. The molecule has 0 unspecified atom stereocenters. The maximum absolute atomic E-state index is 9.98. The van der Waals surface area contributed by atoms with Crippen molar-refractivity contribution in [1.29, 1.82) is 0 Å². The van der Waals surface area contributed by atoms with Gasteiger partial charge in [0.1, 0.15) is 5.82 Å². The summed E-state index contributed by atoms with van der Waals surface area (Å²) in [6, 6.07) is 8.23. The first kappa shape index (κ1) is 10.5. The summed E-state index contributed by atoms with van der Waals surface area (Å²) in [5.74, 6) is 1.06. The van der Waals surface area contributed by atoms with Crippen LogP contribution in [0, 0.1) is 0 Å². The summed E-state index contributed by atoms with van der Waals surface area (Å²) in [6.45, 7) is 0. The molecule has 0 atom stereocenters. The lowest BCUT2D eigenvalue weighted by Gasteiger charge is -2.09. The molecule has 0 spiro atoms. The van der Waals surface area contributed by atoms with E-state index < -0.39 is 5.60 Å². The van der Waals surface area contributed by atoms with Gasteiger partial charge in [-0.2, -0.15) is 0 Å². The standard InChI is InChI=1S/C14H16N2O/c1-16-9-8-15-13(16)10-11-2-4-12(5-3-11)14(17)6-7-14/h2-5,8-9,17H,6-7,10H2,1H3. The van der Waals surface area contributed by atoms with E-state index in [2.05, 4.69) is 17.1 Å². The normalized spacial score (nSPS) is 17.1. The zero-order valence-electron chi connectivity index (χ0n) is 9.93. The number of rotatable bonds is 3. The Morgan fingerprint density at radius 1 is 1.29 bits per heavy atom. The quantitative estimate of drug-likeness (QED) is 0.872. The van der Waals surface area contributed by atoms with E-state index in [4.69, 9.17) is 0 Å². The summed E-state index contributed by atoms with van der Waals surface area (Å²) < 4.78 is 2.03. The van der Waals surface area contributed by atoms with Gasteiger partial charge in [0, 0.05) is 25.9 Å². The smallest absolute Gasteiger partial charge is 0.112 e. The summed E-state index contributed by atoms with van der Waals surface area (Å²) >= 11 is 0. The third kappa shape index (κ3) is 1.98. The lowest BCUT2D eigenvalue weighted by Crippen LogP contribution is -2.04. The van der Waals surface area contributed by atoms with Crippen molar-refractivity contribution in [1.82, 2.24) is 9.55 Å². The minimum absolute atomic E-state index is 0.526. The van der Waals surface area contributed by atoms with Gasteiger partial charge in [-0.1, -0.05) is 24.3 Å². The van der Waals surface area contributed by atoms with Crippen molar-refractivity contribution in [2.45, 2.75) is 24.9 Å². The highest BCUT2D eigenvalue weighted by molar-refractivity contribution is 5.31. The van der Waals surface area contributed by atoms with Crippen LogP contribution in [0.2, 0.25) is 0 Å². The first-order valence-electron chi connectivity index (χ1n) is 5.95. The van der Waals surface area contributed by atoms with Crippen molar-refractivity contribution in [3.8, 4) is 0 Å². The largest absolute Gasteiger partial charge is 0.385 e. The number of benzene rings is 1. The van der Waals surface area contributed by atoms with Gasteiger partial charge < -0.3 is 9.67 Å².